The van der Waals surface area contributed by atoms with Gasteiger partial charge in [0.1, 0.15) is 11.6 Å². The highest BCUT2D eigenvalue weighted by Crippen LogP contribution is 2.20. The molecule has 0 fully saturated rings. The molecule has 1 heterocycles. The van der Waals surface area contributed by atoms with Crippen molar-refractivity contribution in [2.24, 2.45) is 0 Å². The first-order chi connectivity index (χ1) is 12.7. The number of H-pyrrole nitrogens is 2. The van der Waals surface area contributed by atoms with Crippen molar-refractivity contribution < 1.29 is 27.1 Å². The molecule has 142 valence electrons. The van der Waals surface area contributed by atoms with Crippen molar-refractivity contribution >= 4 is 29.2 Å². The Hall–Kier alpha value is -2.88. The van der Waals surface area contributed by atoms with E-state index in [1.807, 2.05) is 0 Å². The summed E-state index contributed by atoms with van der Waals surface area (Å²) in [5.41, 5.74) is 1.30. The van der Waals surface area contributed by atoms with E-state index in [9.17, 15) is 22.4 Å². The second-order valence-electron chi connectivity index (χ2n) is 5.69. The number of halogens is 4. The van der Waals surface area contributed by atoms with Gasteiger partial charge in [-0.05, 0) is 42.0 Å². The molecule has 0 aliphatic rings. The van der Waals surface area contributed by atoms with Crippen molar-refractivity contribution in [3.8, 4) is 5.75 Å². The average molecular weight is 399 g/mol. The van der Waals surface area contributed by atoms with E-state index in [2.05, 4.69) is 20.0 Å². The fraction of sp³-hybridized carbons (Fsp3) is 0.176. The smallest absolute Gasteiger partial charge is 0.422 e. The Morgan fingerprint density at radius 3 is 2.70 bits per heavy atom. The molecule has 27 heavy (non-hydrogen) atoms. The molecule has 0 saturated carbocycles. The third kappa shape index (κ3) is 4.85. The molecule has 0 unspecified atom stereocenters. The summed E-state index contributed by atoms with van der Waals surface area (Å²) < 4.78 is 55.3. The fourth-order valence-electron chi connectivity index (χ4n) is 2.47. The molecule has 0 atom stereocenters. The molecule has 0 spiro atoms. The van der Waals surface area contributed by atoms with Gasteiger partial charge in [0.15, 0.2) is 11.4 Å². The van der Waals surface area contributed by atoms with Crippen LogP contribution in [0.25, 0.3) is 11.0 Å². The lowest BCUT2D eigenvalue weighted by atomic mass is 10.1. The van der Waals surface area contributed by atoms with Crippen LogP contribution in [0.15, 0.2) is 36.4 Å². The van der Waals surface area contributed by atoms with Crippen LogP contribution in [0.4, 0.5) is 17.6 Å². The van der Waals surface area contributed by atoms with Crippen LogP contribution in [0.1, 0.15) is 15.9 Å². The molecule has 0 bridgehead atoms. The summed E-state index contributed by atoms with van der Waals surface area (Å²) in [6.45, 7) is -1.39. The number of aromatic nitrogens is 2. The van der Waals surface area contributed by atoms with Gasteiger partial charge < -0.3 is 20.0 Å². The number of carbonyl (C=O) groups excluding carboxylic acids is 1. The number of carbonyl (C=O) groups is 1. The molecule has 0 radical (unpaired) electrons. The zero-order valence-electron chi connectivity index (χ0n) is 13.6. The van der Waals surface area contributed by atoms with Gasteiger partial charge in [-0.15, -0.1) is 0 Å². The molecule has 0 aliphatic carbocycles. The second-order valence-corrected chi connectivity index (χ2v) is 6.10. The highest BCUT2D eigenvalue weighted by atomic mass is 32.1. The first-order valence-electron chi connectivity index (χ1n) is 7.69. The van der Waals surface area contributed by atoms with E-state index in [4.69, 9.17) is 12.2 Å². The molecule has 0 aliphatic heterocycles. The zero-order chi connectivity index (χ0) is 19.6. The number of hydrogen-bond acceptors (Lipinski definition) is 3. The number of alkyl halides is 3. The van der Waals surface area contributed by atoms with Crippen LogP contribution in [0, 0.1) is 10.6 Å². The third-order valence-corrected chi connectivity index (χ3v) is 3.79. The minimum atomic E-state index is -4.44. The van der Waals surface area contributed by atoms with E-state index >= 15 is 0 Å². The van der Waals surface area contributed by atoms with Gasteiger partial charge in [-0.25, -0.2) is 4.39 Å². The van der Waals surface area contributed by atoms with Gasteiger partial charge >= 0.3 is 6.18 Å². The molecular weight excluding hydrogens is 386 g/mol. The molecule has 3 N–H and O–H groups in total. The van der Waals surface area contributed by atoms with Gasteiger partial charge in [0.25, 0.3) is 5.91 Å². The summed E-state index contributed by atoms with van der Waals surface area (Å²) in [6, 6.07) is 8.17. The van der Waals surface area contributed by atoms with Crippen LogP contribution in [-0.4, -0.2) is 28.7 Å². The fourth-order valence-corrected chi connectivity index (χ4v) is 2.69. The molecule has 2 aromatic carbocycles. The number of hydrogen-bond donors (Lipinski definition) is 3. The SMILES string of the molecule is O=C(NCc1cccc(OCC(F)(F)F)c1)c1cc(F)cc2[nH]c(=S)[nH]c12. The molecule has 1 amide bonds. The van der Waals surface area contributed by atoms with Crippen LogP contribution in [0.2, 0.25) is 0 Å². The van der Waals surface area contributed by atoms with E-state index in [1.165, 1.54) is 24.3 Å². The number of rotatable bonds is 5. The maximum Gasteiger partial charge on any atom is 0.422 e. The number of fused-ring (bicyclic) bond motifs is 1. The molecule has 10 heteroatoms. The van der Waals surface area contributed by atoms with Crippen molar-refractivity contribution in [3.63, 3.8) is 0 Å². The van der Waals surface area contributed by atoms with Crippen LogP contribution in [0.5, 0.6) is 5.75 Å². The number of benzene rings is 2. The van der Waals surface area contributed by atoms with Gasteiger partial charge in [-0.3, -0.25) is 4.79 Å². The average Bonchev–Trinajstić information content (AvgIpc) is 2.97. The predicted molar refractivity (Wildman–Crippen MR) is 92.6 cm³/mol. The third-order valence-electron chi connectivity index (χ3n) is 3.59. The van der Waals surface area contributed by atoms with Gasteiger partial charge in [0.05, 0.1) is 16.6 Å². The number of amides is 1. The minimum absolute atomic E-state index is 0.0191. The van der Waals surface area contributed by atoms with Crippen LogP contribution >= 0.6 is 12.2 Å². The quantitative estimate of drug-likeness (QED) is 0.444. The van der Waals surface area contributed by atoms with E-state index < -0.39 is 24.5 Å². The largest absolute Gasteiger partial charge is 0.484 e. The molecule has 5 nitrogen and oxygen atoms in total. The van der Waals surface area contributed by atoms with E-state index in [1.54, 1.807) is 6.07 Å². The van der Waals surface area contributed by atoms with Gasteiger partial charge in [-0.2, -0.15) is 13.2 Å². The highest BCUT2D eigenvalue weighted by molar-refractivity contribution is 7.71. The Labute approximate surface area is 155 Å². The van der Waals surface area contributed by atoms with E-state index in [0.29, 0.717) is 16.6 Å². The number of aromatic amines is 2. The molecule has 3 aromatic rings. The van der Waals surface area contributed by atoms with Gasteiger partial charge in [-0.1, -0.05) is 12.1 Å². The van der Waals surface area contributed by atoms with Crippen molar-refractivity contribution in [1.82, 2.24) is 15.3 Å². The molecule has 3 rings (SSSR count). The lowest BCUT2D eigenvalue weighted by molar-refractivity contribution is -0.153. The Morgan fingerprint density at radius 2 is 1.96 bits per heavy atom. The van der Waals surface area contributed by atoms with Crippen molar-refractivity contribution in [1.29, 1.82) is 0 Å². The standard InChI is InChI=1S/C17H13F4N3O2S/c18-10-5-12(14-13(6-10)23-16(27)24-14)15(25)22-7-9-2-1-3-11(4-9)26-8-17(19,20)21/h1-6H,7-8H2,(H,22,25)(H2,23,24,27). The Morgan fingerprint density at radius 1 is 1.19 bits per heavy atom. The summed E-state index contributed by atoms with van der Waals surface area (Å²) >= 11 is 4.95. The normalized spacial score (nSPS) is 11.6. The van der Waals surface area contributed by atoms with Crippen LogP contribution < -0.4 is 10.1 Å². The first-order valence-corrected chi connectivity index (χ1v) is 8.10. The summed E-state index contributed by atoms with van der Waals surface area (Å²) in [7, 11) is 0. The van der Waals surface area contributed by atoms with Crippen molar-refractivity contribution in [3.05, 3.63) is 58.1 Å². The lowest BCUT2D eigenvalue weighted by Gasteiger charge is -2.11. The van der Waals surface area contributed by atoms with Crippen molar-refractivity contribution in [2.75, 3.05) is 6.61 Å². The van der Waals surface area contributed by atoms with Crippen LogP contribution in [-0.2, 0) is 6.54 Å². The van der Waals surface area contributed by atoms with Gasteiger partial charge in [0.2, 0.25) is 0 Å². The number of imidazole rings is 1. The summed E-state index contributed by atoms with van der Waals surface area (Å²) in [5, 5.41) is 2.59. The molecule has 0 saturated heterocycles. The molecular formula is C17H13F4N3O2S. The Balaban J connectivity index is 1.72. The number of ether oxygens (including phenoxy) is 1. The molecule has 1 aromatic heterocycles. The van der Waals surface area contributed by atoms with Crippen molar-refractivity contribution in [2.45, 2.75) is 12.7 Å². The van der Waals surface area contributed by atoms with E-state index in [-0.39, 0.29) is 22.6 Å². The lowest BCUT2D eigenvalue weighted by Crippen LogP contribution is -2.23. The predicted octanol–water partition coefficient (Wildman–Crippen LogP) is 4.24. The second kappa shape index (κ2) is 7.39. The Bertz CT molecular complexity index is 1040. The zero-order valence-corrected chi connectivity index (χ0v) is 14.4. The summed E-state index contributed by atoms with van der Waals surface area (Å²) in [5.74, 6) is -1.14. The first kappa shape index (κ1) is 18.9. The Kier molecular flexibility index (Phi) is 5.17. The van der Waals surface area contributed by atoms with Gasteiger partial charge in [0, 0.05) is 6.54 Å². The maximum atomic E-state index is 13.7. The van der Waals surface area contributed by atoms with Crippen LogP contribution in [0.3, 0.4) is 0 Å². The maximum absolute atomic E-state index is 13.7. The number of nitrogens with one attached hydrogen (secondary N) is 3. The minimum Gasteiger partial charge on any atom is -0.484 e. The topological polar surface area (TPSA) is 69.9 Å². The summed E-state index contributed by atoms with van der Waals surface area (Å²) in [6.07, 6.45) is -4.44. The highest BCUT2D eigenvalue weighted by Gasteiger charge is 2.28. The van der Waals surface area contributed by atoms with E-state index in [0.717, 1.165) is 6.07 Å². The monoisotopic (exact) mass is 399 g/mol. The summed E-state index contributed by atoms with van der Waals surface area (Å²) in [4.78, 5) is 17.9.